The molecule has 3 N–H and O–H groups in total. The highest BCUT2D eigenvalue weighted by Crippen LogP contribution is 2.21. The summed E-state index contributed by atoms with van der Waals surface area (Å²) in [6.07, 6.45) is 0.889. The third-order valence-corrected chi connectivity index (χ3v) is 3.63. The first-order valence-corrected chi connectivity index (χ1v) is 8.05. The minimum Gasteiger partial charge on any atom is -0.325 e. The maximum absolute atomic E-state index is 12.2. The molecule has 0 saturated carbocycles. The van der Waals surface area contributed by atoms with Crippen LogP contribution in [0.3, 0.4) is 0 Å². The molecule has 0 fully saturated rings. The van der Waals surface area contributed by atoms with E-state index in [1.807, 2.05) is 42.5 Å². The van der Waals surface area contributed by atoms with Gasteiger partial charge in [0.05, 0.1) is 17.9 Å². The molecule has 5 heteroatoms. The molecule has 0 aliphatic carbocycles. The van der Waals surface area contributed by atoms with Crippen LogP contribution >= 0.6 is 0 Å². The maximum atomic E-state index is 12.2. The molecule has 0 aliphatic rings. The first-order chi connectivity index (χ1) is 11.6. The Morgan fingerprint density at radius 1 is 0.917 bits per heavy atom. The zero-order chi connectivity index (χ0) is 17.4. The Bertz CT molecular complexity index is 686. The molecule has 5 nitrogen and oxygen atoms in total. The highest BCUT2D eigenvalue weighted by atomic mass is 16.2. The number of benzene rings is 2. The molecule has 0 radical (unpaired) electrons. The van der Waals surface area contributed by atoms with Gasteiger partial charge in [0.2, 0.25) is 11.8 Å². The Morgan fingerprint density at radius 2 is 1.50 bits per heavy atom. The van der Waals surface area contributed by atoms with E-state index in [9.17, 15) is 9.59 Å². The Morgan fingerprint density at radius 3 is 2.08 bits per heavy atom. The fourth-order valence-electron chi connectivity index (χ4n) is 2.48. The molecule has 2 aromatic carbocycles. The van der Waals surface area contributed by atoms with Crippen molar-refractivity contribution in [3.8, 4) is 0 Å². The van der Waals surface area contributed by atoms with Crippen molar-refractivity contribution in [2.75, 3.05) is 17.2 Å². The fraction of sp³-hybridized carbons (Fsp3) is 0.263. The van der Waals surface area contributed by atoms with Gasteiger partial charge < -0.3 is 16.0 Å². The van der Waals surface area contributed by atoms with Crippen molar-refractivity contribution in [2.45, 2.75) is 26.3 Å². The van der Waals surface area contributed by atoms with Gasteiger partial charge in [0.1, 0.15) is 0 Å². The number of para-hydroxylation sites is 2. The predicted octanol–water partition coefficient (Wildman–Crippen LogP) is 3.32. The Balaban J connectivity index is 1.95. The van der Waals surface area contributed by atoms with E-state index in [2.05, 4.69) is 22.9 Å². The van der Waals surface area contributed by atoms with Gasteiger partial charge in [-0.05, 0) is 24.1 Å². The lowest BCUT2D eigenvalue weighted by Gasteiger charge is -2.17. The molecule has 0 saturated heterocycles. The highest BCUT2D eigenvalue weighted by Gasteiger charge is 2.12. The largest absolute Gasteiger partial charge is 0.325 e. The molecule has 126 valence electrons. The summed E-state index contributed by atoms with van der Waals surface area (Å²) in [5.74, 6) is -0.327. The molecular weight excluding hydrogens is 302 g/mol. The van der Waals surface area contributed by atoms with Crippen molar-refractivity contribution >= 4 is 23.2 Å². The topological polar surface area (TPSA) is 70.2 Å². The zero-order valence-electron chi connectivity index (χ0n) is 14.0. The van der Waals surface area contributed by atoms with E-state index in [-0.39, 0.29) is 24.4 Å². The lowest BCUT2D eigenvalue weighted by molar-refractivity contribution is -0.116. The van der Waals surface area contributed by atoms with Gasteiger partial charge in [-0.1, -0.05) is 49.4 Å². The summed E-state index contributed by atoms with van der Waals surface area (Å²) in [6.45, 7) is 3.71. The molecule has 24 heavy (non-hydrogen) atoms. The van der Waals surface area contributed by atoms with Crippen LogP contribution in [0.1, 0.15) is 31.9 Å². The molecule has 0 heterocycles. The number of amides is 2. The quantitative estimate of drug-likeness (QED) is 0.731. The monoisotopic (exact) mass is 325 g/mol. The second kappa shape index (κ2) is 8.84. The highest BCUT2D eigenvalue weighted by molar-refractivity contribution is 5.99. The SMILES string of the molecule is CCC(NCC(=O)Nc1ccccc1NC(C)=O)c1ccccc1. The number of hydrogen-bond acceptors (Lipinski definition) is 3. The van der Waals surface area contributed by atoms with Gasteiger partial charge in [-0.2, -0.15) is 0 Å². The molecule has 0 spiro atoms. The lowest BCUT2D eigenvalue weighted by atomic mass is 10.0. The third kappa shape index (κ3) is 5.21. The van der Waals surface area contributed by atoms with E-state index in [1.54, 1.807) is 12.1 Å². The van der Waals surface area contributed by atoms with Gasteiger partial charge in [0.15, 0.2) is 0 Å². The first kappa shape index (κ1) is 17.7. The first-order valence-electron chi connectivity index (χ1n) is 8.05. The van der Waals surface area contributed by atoms with Gasteiger partial charge in [-0.3, -0.25) is 9.59 Å². The van der Waals surface area contributed by atoms with Gasteiger partial charge in [-0.15, -0.1) is 0 Å². The van der Waals surface area contributed by atoms with Crippen molar-refractivity contribution in [1.82, 2.24) is 5.32 Å². The summed E-state index contributed by atoms with van der Waals surface area (Å²) in [7, 11) is 0. The molecule has 0 aromatic heterocycles. The van der Waals surface area contributed by atoms with Gasteiger partial charge >= 0.3 is 0 Å². The van der Waals surface area contributed by atoms with Crippen LogP contribution in [0.5, 0.6) is 0 Å². The smallest absolute Gasteiger partial charge is 0.238 e. The molecule has 1 unspecified atom stereocenters. The Hall–Kier alpha value is -2.66. The maximum Gasteiger partial charge on any atom is 0.238 e. The van der Waals surface area contributed by atoms with E-state index >= 15 is 0 Å². The summed E-state index contributed by atoms with van der Waals surface area (Å²) >= 11 is 0. The van der Waals surface area contributed by atoms with Crippen molar-refractivity contribution in [3.05, 3.63) is 60.2 Å². The van der Waals surface area contributed by atoms with Crippen LogP contribution < -0.4 is 16.0 Å². The molecule has 2 rings (SSSR count). The summed E-state index contributed by atoms with van der Waals surface area (Å²) < 4.78 is 0. The van der Waals surface area contributed by atoms with Crippen LogP contribution in [0, 0.1) is 0 Å². The van der Waals surface area contributed by atoms with E-state index in [0.717, 1.165) is 12.0 Å². The van der Waals surface area contributed by atoms with Crippen LogP contribution in [0.25, 0.3) is 0 Å². The predicted molar refractivity (Wildman–Crippen MR) is 96.9 cm³/mol. The summed E-state index contributed by atoms with van der Waals surface area (Å²) in [4.78, 5) is 23.4. The van der Waals surface area contributed by atoms with Gasteiger partial charge in [0, 0.05) is 13.0 Å². The Labute approximate surface area is 142 Å². The molecule has 2 amide bonds. The normalized spacial score (nSPS) is 11.6. The van der Waals surface area contributed by atoms with Crippen LogP contribution in [0.2, 0.25) is 0 Å². The van der Waals surface area contributed by atoms with Gasteiger partial charge in [0.25, 0.3) is 0 Å². The molecular formula is C19H23N3O2. The molecule has 1 atom stereocenters. The standard InChI is InChI=1S/C19H23N3O2/c1-3-16(15-9-5-4-6-10-15)20-13-19(24)22-18-12-8-7-11-17(18)21-14(2)23/h4-12,16,20H,3,13H2,1-2H3,(H,21,23)(H,22,24). The van der Waals surface area contributed by atoms with Crippen molar-refractivity contribution < 1.29 is 9.59 Å². The average Bonchev–Trinajstić information content (AvgIpc) is 2.58. The van der Waals surface area contributed by atoms with Crippen molar-refractivity contribution in [1.29, 1.82) is 0 Å². The van der Waals surface area contributed by atoms with Crippen molar-refractivity contribution in [3.63, 3.8) is 0 Å². The second-order valence-corrected chi connectivity index (χ2v) is 5.53. The summed E-state index contributed by atoms with van der Waals surface area (Å²) in [6, 6.07) is 17.3. The summed E-state index contributed by atoms with van der Waals surface area (Å²) in [5, 5.41) is 8.80. The van der Waals surface area contributed by atoms with Crippen LogP contribution in [0.4, 0.5) is 11.4 Å². The minimum absolute atomic E-state index is 0.127. The van der Waals surface area contributed by atoms with E-state index in [4.69, 9.17) is 0 Å². The average molecular weight is 325 g/mol. The van der Waals surface area contributed by atoms with Crippen LogP contribution in [0.15, 0.2) is 54.6 Å². The summed E-state index contributed by atoms with van der Waals surface area (Å²) in [5.41, 5.74) is 2.34. The number of hydrogen-bond donors (Lipinski definition) is 3. The lowest BCUT2D eigenvalue weighted by Crippen LogP contribution is -2.31. The molecule has 0 bridgehead atoms. The fourth-order valence-corrected chi connectivity index (χ4v) is 2.48. The second-order valence-electron chi connectivity index (χ2n) is 5.53. The van der Waals surface area contributed by atoms with Crippen molar-refractivity contribution in [2.24, 2.45) is 0 Å². The van der Waals surface area contributed by atoms with E-state index in [0.29, 0.717) is 11.4 Å². The number of carbonyl (C=O) groups is 2. The van der Waals surface area contributed by atoms with Gasteiger partial charge in [-0.25, -0.2) is 0 Å². The van der Waals surface area contributed by atoms with Crippen LogP contribution in [-0.4, -0.2) is 18.4 Å². The third-order valence-electron chi connectivity index (χ3n) is 3.63. The zero-order valence-corrected chi connectivity index (χ0v) is 14.0. The van der Waals surface area contributed by atoms with Crippen LogP contribution in [-0.2, 0) is 9.59 Å². The Kier molecular flexibility index (Phi) is 6.51. The molecule has 2 aromatic rings. The number of carbonyl (C=O) groups excluding carboxylic acids is 2. The number of anilines is 2. The van der Waals surface area contributed by atoms with E-state index in [1.165, 1.54) is 6.92 Å². The van der Waals surface area contributed by atoms with E-state index < -0.39 is 0 Å². The minimum atomic E-state index is -0.176. The number of rotatable bonds is 7. The number of nitrogens with one attached hydrogen (secondary N) is 3. The molecule has 0 aliphatic heterocycles.